The molecule has 0 bridgehead atoms. The summed E-state index contributed by atoms with van der Waals surface area (Å²) < 4.78 is 5.91. The highest BCUT2D eigenvalue weighted by molar-refractivity contribution is 5.96. The van der Waals surface area contributed by atoms with Gasteiger partial charge in [0.1, 0.15) is 5.75 Å². The lowest BCUT2D eigenvalue weighted by Gasteiger charge is -2.27. The molecule has 1 saturated carbocycles. The van der Waals surface area contributed by atoms with Gasteiger partial charge < -0.3 is 15.2 Å². The first-order valence-corrected chi connectivity index (χ1v) is 8.49. The number of aliphatic hydroxyl groups is 1. The zero-order chi connectivity index (χ0) is 16.8. The molecule has 0 radical (unpaired) electrons. The molecule has 0 spiro atoms. The molecule has 126 valence electrons. The third-order valence-electron chi connectivity index (χ3n) is 4.38. The summed E-state index contributed by atoms with van der Waals surface area (Å²) in [5.41, 5.74) is 2.62. The van der Waals surface area contributed by atoms with Gasteiger partial charge in [0.15, 0.2) is 0 Å². The van der Waals surface area contributed by atoms with E-state index in [1.807, 2.05) is 42.5 Å². The lowest BCUT2D eigenvalue weighted by atomic mass is 9.96. The molecule has 1 aliphatic carbocycles. The second kappa shape index (κ2) is 7.97. The van der Waals surface area contributed by atoms with Crippen molar-refractivity contribution in [3.63, 3.8) is 0 Å². The number of carbonyl (C=O) groups is 1. The molecular formula is C20H23NO3. The van der Waals surface area contributed by atoms with Crippen LogP contribution in [0.4, 0.5) is 0 Å². The van der Waals surface area contributed by atoms with Crippen molar-refractivity contribution in [2.75, 3.05) is 6.54 Å². The fourth-order valence-electron chi connectivity index (χ4n) is 2.65. The van der Waals surface area contributed by atoms with E-state index >= 15 is 0 Å². The van der Waals surface area contributed by atoms with Crippen LogP contribution in [0.2, 0.25) is 0 Å². The highest BCUT2D eigenvalue weighted by Crippen LogP contribution is 2.27. The standard InChI is InChI=1S/C20H23NO3/c22-14-16-10-8-15(9-11-16)12-13-21-20(23)18-6-1-2-7-19(18)24-17-4-3-5-17/h1-2,6-11,17,22H,3-5,12-14H2,(H,21,23). The number of nitrogens with one attached hydrogen (secondary N) is 1. The van der Waals surface area contributed by atoms with Crippen molar-refractivity contribution in [2.24, 2.45) is 0 Å². The van der Waals surface area contributed by atoms with Crippen LogP contribution in [0.5, 0.6) is 5.75 Å². The molecule has 0 saturated heterocycles. The van der Waals surface area contributed by atoms with Gasteiger partial charge in [0.25, 0.3) is 5.91 Å². The molecule has 24 heavy (non-hydrogen) atoms. The van der Waals surface area contributed by atoms with Crippen molar-refractivity contribution in [1.29, 1.82) is 0 Å². The van der Waals surface area contributed by atoms with Gasteiger partial charge in [0, 0.05) is 6.54 Å². The highest BCUT2D eigenvalue weighted by Gasteiger charge is 2.21. The van der Waals surface area contributed by atoms with Crippen molar-refractivity contribution < 1.29 is 14.6 Å². The molecule has 2 aromatic carbocycles. The van der Waals surface area contributed by atoms with E-state index in [2.05, 4.69) is 5.32 Å². The van der Waals surface area contributed by atoms with Crippen molar-refractivity contribution in [3.8, 4) is 5.75 Å². The van der Waals surface area contributed by atoms with Gasteiger partial charge in [-0.05, 0) is 48.9 Å². The Balaban J connectivity index is 1.54. The molecule has 0 unspecified atom stereocenters. The predicted molar refractivity (Wildman–Crippen MR) is 93.1 cm³/mol. The van der Waals surface area contributed by atoms with Crippen LogP contribution in [-0.4, -0.2) is 23.7 Å². The number of benzene rings is 2. The first-order chi connectivity index (χ1) is 11.8. The lowest BCUT2D eigenvalue weighted by molar-refractivity contribution is 0.0928. The number of aliphatic hydroxyl groups excluding tert-OH is 1. The Kier molecular flexibility index (Phi) is 5.49. The molecule has 0 heterocycles. The van der Waals surface area contributed by atoms with Crippen LogP contribution >= 0.6 is 0 Å². The van der Waals surface area contributed by atoms with E-state index in [9.17, 15) is 4.79 Å². The minimum absolute atomic E-state index is 0.0504. The summed E-state index contributed by atoms with van der Waals surface area (Å²) >= 11 is 0. The number of amides is 1. The normalized spacial score (nSPS) is 14.0. The predicted octanol–water partition coefficient (Wildman–Crippen LogP) is 3.08. The van der Waals surface area contributed by atoms with E-state index in [-0.39, 0.29) is 18.6 Å². The van der Waals surface area contributed by atoms with Crippen molar-refractivity contribution in [3.05, 3.63) is 65.2 Å². The molecule has 1 fully saturated rings. The maximum atomic E-state index is 12.4. The number of hydrogen-bond acceptors (Lipinski definition) is 3. The van der Waals surface area contributed by atoms with E-state index < -0.39 is 0 Å². The average molecular weight is 325 g/mol. The van der Waals surface area contributed by atoms with Gasteiger partial charge in [0.2, 0.25) is 0 Å². The second-order valence-corrected chi connectivity index (χ2v) is 6.15. The quantitative estimate of drug-likeness (QED) is 0.822. The van der Waals surface area contributed by atoms with E-state index in [0.29, 0.717) is 17.9 Å². The summed E-state index contributed by atoms with van der Waals surface area (Å²) in [6, 6.07) is 15.2. The third kappa shape index (κ3) is 4.15. The number of rotatable bonds is 7. The van der Waals surface area contributed by atoms with Crippen molar-refractivity contribution >= 4 is 5.91 Å². The summed E-state index contributed by atoms with van der Waals surface area (Å²) in [5.74, 6) is 0.573. The first-order valence-electron chi connectivity index (χ1n) is 8.49. The summed E-state index contributed by atoms with van der Waals surface area (Å²) in [7, 11) is 0. The number of para-hydroxylation sites is 1. The molecular weight excluding hydrogens is 302 g/mol. The smallest absolute Gasteiger partial charge is 0.255 e. The van der Waals surface area contributed by atoms with Crippen LogP contribution in [0.1, 0.15) is 40.7 Å². The minimum Gasteiger partial charge on any atom is -0.490 e. The van der Waals surface area contributed by atoms with Gasteiger partial charge in [-0.2, -0.15) is 0 Å². The van der Waals surface area contributed by atoms with E-state index in [0.717, 1.165) is 30.4 Å². The Morgan fingerprint density at radius 2 is 1.79 bits per heavy atom. The van der Waals surface area contributed by atoms with Crippen LogP contribution in [0.3, 0.4) is 0 Å². The number of ether oxygens (including phenoxy) is 1. The van der Waals surface area contributed by atoms with Gasteiger partial charge in [-0.1, -0.05) is 36.4 Å². The van der Waals surface area contributed by atoms with Gasteiger partial charge in [-0.25, -0.2) is 0 Å². The lowest BCUT2D eigenvalue weighted by Crippen LogP contribution is -2.29. The van der Waals surface area contributed by atoms with Gasteiger partial charge in [0.05, 0.1) is 18.3 Å². The second-order valence-electron chi connectivity index (χ2n) is 6.15. The van der Waals surface area contributed by atoms with Crippen molar-refractivity contribution in [2.45, 2.75) is 38.4 Å². The molecule has 0 aliphatic heterocycles. The third-order valence-corrected chi connectivity index (χ3v) is 4.38. The Labute approximate surface area is 142 Å². The van der Waals surface area contributed by atoms with E-state index in [1.165, 1.54) is 6.42 Å². The zero-order valence-electron chi connectivity index (χ0n) is 13.7. The SMILES string of the molecule is O=C(NCCc1ccc(CO)cc1)c1ccccc1OC1CCC1. The zero-order valence-corrected chi connectivity index (χ0v) is 13.7. The minimum atomic E-state index is -0.100. The van der Waals surface area contributed by atoms with Crippen LogP contribution in [-0.2, 0) is 13.0 Å². The molecule has 3 rings (SSSR count). The first kappa shape index (κ1) is 16.5. The van der Waals surface area contributed by atoms with Gasteiger partial charge in [-0.15, -0.1) is 0 Å². The van der Waals surface area contributed by atoms with E-state index in [4.69, 9.17) is 9.84 Å². The van der Waals surface area contributed by atoms with Crippen LogP contribution in [0.15, 0.2) is 48.5 Å². The Bertz CT molecular complexity index is 678. The summed E-state index contributed by atoms with van der Waals surface area (Å²) in [5, 5.41) is 12.0. The average Bonchev–Trinajstić information content (AvgIpc) is 2.59. The maximum absolute atomic E-state index is 12.4. The van der Waals surface area contributed by atoms with Gasteiger partial charge in [-0.3, -0.25) is 4.79 Å². The van der Waals surface area contributed by atoms with Crippen LogP contribution in [0, 0.1) is 0 Å². The topological polar surface area (TPSA) is 58.6 Å². The fourth-order valence-corrected chi connectivity index (χ4v) is 2.65. The van der Waals surface area contributed by atoms with E-state index in [1.54, 1.807) is 6.07 Å². The number of hydrogen-bond donors (Lipinski definition) is 2. The van der Waals surface area contributed by atoms with Crippen molar-refractivity contribution in [1.82, 2.24) is 5.32 Å². The monoisotopic (exact) mass is 325 g/mol. The molecule has 4 nitrogen and oxygen atoms in total. The Morgan fingerprint density at radius 3 is 2.46 bits per heavy atom. The molecule has 1 amide bonds. The molecule has 0 atom stereocenters. The van der Waals surface area contributed by atoms with Crippen LogP contribution in [0.25, 0.3) is 0 Å². The van der Waals surface area contributed by atoms with Gasteiger partial charge >= 0.3 is 0 Å². The van der Waals surface area contributed by atoms with Crippen LogP contribution < -0.4 is 10.1 Å². The molecule has 4 heteroatoms. The molecule has 0 aromatic heterocycles. The number of carbonyl (C=O) groups excluding carboxylic acids is 1. The summed E-state index contributed by atoms with van der Waals surface area (Å²) in [6.45, 7) is 0.615. The molecule has 2 aromatic rings. The maximum Gasteiger partial charge on any atom is 0.255 e. The molecule has 2 N–H and O–H groups in total. The largest absolute Gasteiger partial charge is 0.490 e. The fraction of sp³-hybridized carbons (Fsp3) is 0.350. The summed E-state index contributed by atoms with van der Waals surface area (Å²) in [6.07, 6.45) is 4.35. The summed E-state index contributed by atoms with van der Waals surface area (Å²) in [4.78, 5) is 12.4. The molecule has 1 aliphatic rings. The Hall–Kier alpha value is -2.33. The Morgan fingerprint density at radius 1 is 1.08 bits per heavy atom. The highest BCUT2D eigenvalue weighted by atomic mass is 16.5.